The van der Waals surface area contributed by atoms with Crippen molar-refractivity contribution >= 4 is 0 Å². The SMILES string of the molecule is CCCCCCCCC(O)c1cccc2c1OCC2. The van der Waals surface area contributed by atoms with Crippen molar-refractivity contribution in [3.05, 3.63) is 29.3 Å². The molecule has 1 aromatic rings. The van der Waals surface area contributed by atoms with Gasteiger partial charge < -0.3 is 9.84 Å². The van der Waals surface area contributed by atoms with Gasteiger partial charge in [0.1, 0.15) is 5.75 Å². The summed E-state index contributed by atoms with van der Waals surface area (Å²) in [6, 6.07) is 6.14. The zero-order valence-electron chi connectivity index (χ0n) is 12.0. The summed E-state index contributed by atoms with van der Waals surface area (Å²) in [6.45, 7) is 3.00. The van der Waals surface area contributed by atoms with Crippen LogP contribution in [0.15, 0.2) is 18.2 Å². The summed E-state index contributed by atoms with van der Waals surface area (Å²) in [4.78, 5) is 0. The topological polar surface area (TPSA) is 29.5 Å². The van der Waals surface area contributed by atoms with E-state index in [-0.39, 0.29) is 6.10 Å². The number of aliphatic hydroxyl groups excluding tert-OH is 1. The van der Waals surface area contributed by atoms with Gasteiger partial charge in [-0.1, -0.05) is 63.6 Å². The Labute approximate surface area is 116 Å². The third-order valence-electron chi connectivity index (χ3n) is 3.93. The van der Waals surface area contributed by atoms with Crippen molar-refractivity contribution < 1.29 is 9.84 Å². The molecule has 1 atom stereocenters. The molecule has 1 N–H and O–H groups in total. The molecule has 1 heterocycles. The van der Waals surface area contributed by atoms with Crippen LogP contribution in [0.1, 0.15) is 69.1 Å². The summed E-state index contributed by atoms with van der Waals surface area (Å²) in [5.74, 6) is 0.945. The van der Waals surface area contributed by atoms with E-state index in [0.717, 1.165) is 37.2 Å². The second kappa shape index (κ2) is 7.54. The van der Waals surface area contributed by atoms with Gasteiger partial charge in [0, 0.05) is 12.0 Å². The van der Waals surface area contributed by atoms with E-state index in [1.807, 2.05) is 12.1 Å². The lowest BCUT2D eigenvalue weighted by Crippen LogP contribution is -2.00. The number of para-hydroxylation sites is 1. The van der Waals surface area contributed by atoms with Crippen LogP contribution in [-0.4, -0.2) is 11.7 Å². The molecule has 0 fully saturated rings. The average Bonchev–Trinajstić information content (AvgIpc) is 2.90. The van der Waals surface area contributed by atoms with Crippen LogP contribution in [0.25, 0.3) is 0 Å². The lowest BCUT2D eigenvalue weighted by Gasteiger charge is -2.14. The van der Waals surface area contributed by atoms with E-state index < -0.39 is 0 Å². The largest absolute Gasteiger partial charge is 0.493 e. The molecule has 2 rings (SSSR count). The van der Waals surface area contributed by atoms with Gasteiger partial charge in [-0.15, -0.1) is 0 Å². The maximum Gasteiger partial charge on any atom is 0.128 e. The van der Waals surface area contributed by atoms with Crippen molar-refractivity contribution in [2.75, 3.05) is 6.61 Å². The molecule has 0 saturated heterocycles. The molecule has 0 aliphatic carbocycles. The van der Waals surface area contributed by atoms with E-state index in [1.54, 1.807) is 0 Å². The van der Waals surface area contributed by atoms with Gasteiger partial charge in [-0.25, -0.2) is 0 Å². The number of rotatable bonds is 8. The molecule has 0 spiro atoms. The molecule has 2 heteroatoms. The minimum atomic E-state index is -0.362. The number of hydrogen-bond donors (Lipinski definition) is 1. The predicted octanol–water partition coefficient (Wildman–Crippen LogP) is 4.41. The number of ether oxygens (including phenoxy) is 1. The summed E-state index contributed by atoms with van der Waals surface area (Å²) in [5.41, 5.74) is 2.24. The Hall–Kier alpha value is -1.02. The molecule has 1 aliphatic rings. The Kier molecular flexibility index (Phi) is 5.71. The maximum absolute atomic E-state index is 10.3. The molecule has 19 heavy (non-hydrogen) atoms. The van der Waals surface area contributed by atoms with Crippen molar-refractivity contribution in [1.82, 2.24) is 0 Å². The van der Waals surface area contributed by atoms with Crippen molar-refractivity contribution in [1.29, 1.82) is 0 Å². The van der Waals surface area contributed by atoms with Crippen molar-refractivity contribution in [3.8, 4) is 5.75 Å². The molecular formula is C17H26O2. The van der Waals surface area contributed by atoms with E-state index >= 15 is 0 Å². The van der Waals surface area contributed by atoms with Gasteiger partial charge in [-0.3, -0.25) is 0 Å². The summed E-state index contributed by atoms with van der Waals surface area (Å²) < 4.78 is 5.65. The minimum Gasteiger partial charge on any atom is -0.493 e. The number of aliphatic hydroxyl groups is 1. The van der Waals surface area contributed by atoms with E-state index in [0.29, 0.717) is 0 Å². The van der Waals surface area contributed by atoms with E-state index in [4.69, 9.17) is 4.74 Å². The molecule has 0 radical (unpaired) electrons. The first-order valence-electron chi connectivity index (χ1n) is 7.75. The highest BCUT2D eigenvalue weighted by Gasteiger charge is 2.20. The number of fused-ring (bicyclic) bond motifs is 1. The Balaban J connectivity index is 1.77. The fourth-order valence-corrected chi connectivity index (χ4v) is 2.78. The van der Waals surface area contributed by atoms with Crippen LogP contribution >= 0.6 is 0 Å². The summed E-state index contributed by atoms with van der Waals surface area (Å²) in [5, 5.41) is 10.3. The first kappa shape index (κ1) is 14.4. The van der Waals surface area contributed by atoms with Gasteiger partial charge >= 0.3 is 0 Å². The number of unbranched alkanes of at least 4 members (excludes halogenated alkanes) is 5. The van der Waals surface area contributed by atoms with Crippen LogP contribution in [0.3, 0.4) is 0 Å². The molecule has 106 valence electrons. The number of benzene rings is 1. The van der Waals surface area contributed by atoms with Crippen molar-refractivity contribution in [2.24, 2.45) is 0 Å². The van der Waals surface area contributed by atoms with Crippen LogP contribution < -0.4 is 4.74 Å². The molecule has 0 amide bonds. The van der Waals surface area contributed by atoms with E-state index in [1.165, 1.54) is 37.7 Å². The van der Waals surface area contributed by atoms with Crippen LogP contribution in [0.2, 0.25) is 0 Å². The maximum atomic E-state index is 10.3. The van der Waals surface area contributed by atoms with Gasteiger partial charge in [-0.2, -0.15) is 0 Å². The van der Waals surface area contributed by atoms with E-state index in [9.17, 15) is 5.11 Å². The normalized spacial score (nSPS) is 15.1. The summed E-state index contributed by atoms with van der Waals surface area (Å²) in [7, 11) is 0. The Morgan fingerprint density at radius 2 is 1.95 bits per heavy atom. The first-order valence-corrected chi connectivity index (χ1v) is 7.75. The lowest BCUT2D eigenvalue weighted by atomic mass is 9.99. The fourth-order valence-electron chi connectivity index (χ4n) is 2.78. The Morgan fingerprint density at radius 1 is 1.16 bits per heavy atom. The highest BCUT2D eigenvalue weighted by atomic mass is 16.5. The second-order valence-electron chi connectivity index (χ2n) is 5.51. The van der Waals surface area contributed by atoms with Gasteiger partial charge in [0.15, 0.2) is 0 Å². The first-order chi connectivity index (χ1) is 9.33. The lowest BCUT2D eigenvalue weighted by molar-refractivity contribution is 0.159. The minimum absolute atomic E-state index is 0.362. The number of hydrogen-bond acceptors (Lipinski definition) is 2. The molecule has 0 aromatic heterocycles. The molecule has 1 aliphatic heterocycles. The van der Waals surface area contributed by atoms with Crippen LogP contribution in [0, 0.1) is 0 Å². The fraction of sp³-hybridized carbons (Fsp3) is 0.647. The van der Waals surface area contributed by atoms with Crippen LogP contribution in [0.4, 0.5) is 0 Å². The predicted molar refractivity (Wildman–Crippen MR) is 78.6 cm³/mol. The zero-order chi connectivity index (χ0) is 13.5. The van der Waals surface area contributed by atoms with Gasteiger partial charge in [0.05, 0.1) is 12.7 Å². The molecule has 0 bridgehead atoms. The summed E-state index contributed by atoms with van der Waals surface area (Å²) >= 11 is 0. The smallest absolute Gasteiger partial charge is 0.128 e. The van der Waals surface area contributed by atoms with E-state index in [2.05, 4.69) is 13.0 Å². The highest BCUT2D eigenvalue weighted by Crippen LogP contribution is 2.35. The third-order valence-corrected chi connectivity index (χ3v) is 3.93. The third kappa shape index (κ3) is 3.97. The molecule has 1 unspecified atom stereocenters. The van der Waals surface area contributed by atoms with Crippen LogP contribution in [0.5, 0.6) is 5.75 Å². The second-order valence-corrected chi connectivity index (χ2v) is 5.51. The Bertz CT molecular complexity index is 387. The van der Waals surface area contributed by atoms with Crippen LogP contribution in [-0.2, 0) is 6.42 Å². The van der Waals surface area contributed by atoms with Crippen molar-refractivity contribution in [3.63, 3.8) is 0 Å². The van der Waals surface area contributed by atoms with Crippen molar-refractivity contribution in [2.45, 2.75) is 64.4 Å². The van der Waals surface area contributed by atoms with Gasteiger partial charge in [-0.05, 0) is 12.0 Å². The standard InChI is InChI=1S/C17H26O2/c1-2-3-4-5-6-7-11-16(18)15-10-8-9-14-12-13-19-17(14)15/h8-10,16,18H,2-7,11-13H2,1H3. The molecular weight excluding hydrogens is 236 g/mol. The molecule has 1 aromatic carbocycles. The monoisotopic (exact) mass is 262 g/mol. The quantitative estimate of drug-likeness (QED) is 0.703. The highest BCUT2D eigenvalue weighted by molar-refractivity contribution is 5.45. The average molecular weight is 262 g/mol. The van der Waals surface area contributed by atoms with Gasteiger partial charge in [0.25, 0.3) is 0 Å². The molecule has 2 nitrogen and oxygen atoms in total. The summed E-state index contributed by atoms with van der Waals surface area (Å²) in [6.07, 6.45) is 9.05. The zero-order valence-corrected chi connectivity index (χ0v) is 12.0. The van der Waals surface area contributed by atoms with Gasteiger partial charge in [0.2, 0.25) is 0 Å². The Morgan fingerprint density at radius 3 is 2.79 bits per heavy atom. The molecule has 0 saturated carbocycles.